The highest BCUT2D eigenvalue weighted by molar-refractivity contribution is 5.93. The molecule has 0 aliphatic carbocycles. The number of rotatable bonds is 10. The lowest BCUT2D eigenvalue weighted by atomic mass is 9.88. The average Bonchev–Trinajstić information content (AvgIpc) is 3.13. The highest BCUT2D eigenvalue weighted by Gasteiger charge is 2.13. The summed E-state index contributed by atoms with van der Waals surface area (Å²) in [4.78, 5) is 0. The van der Waals surface area contributed by atoms with Crippen LogP contribution in [0.5, 0.6) is 0 Å². The second-order valence-electron chi connectivity index (χ2n) is 10.9. The van der Waals surface area contributed by atoms with Gasteiger partial charge in [0.15, 0.2) is 0 Å². The molecule has 0 heterocycles. The van der Waals surface area contributed by atoms with Crippen LogP contribution < -0.4 is 0 Å². The minimum Gasteiger partial charge on any atom is -0.0622 e. The molecule has 0 nitrogen and oxygen atoms in total. The summed E-state index contributed by atoms with van der Waals surface area (Å²) in [7, 11) is 0. The van der Waals surface area contributed by atoms with E-state index in [2.05, 4.69) is 194 Å². The third kappa shape index (κ3) is 8.34. The lowest BCUT2D eigenvalue weighted by molar-refractivity contribution is 1.50. The molecule has 46 heavy (non-hydrogen) atoms. The molecule has 0 fully saturated rings. The van der Waals surface area contributed by atoms with Gasteiger partial charge in [0.2, 0.25) is 0 Å². The number of benzene rings is 6. The van der Waals surface area contributed by atoms with Crippen LogP contribution in [0.1, 0.15) is 55.6 Å². The normalized spacial score (nSPS) is 11.9. The van der Waals surface area contributed by atoms with E-state index in [4.69, 9.17) is 0 Å². The molecule has 6 aromatic carbocycles. The summed E-state index contributed by atoms with van der Waals surface area (Å²) in [5.74, 6) is 0. The molecule has 0 N–H and O–H groups in total. The Morgan fingerprint density at radius 3 is 0.761 bits per heavy atom. The van der Waals surface area contributed by atoms with Gasteiger partial charge in [-0.15, -0.1) is 0 Å². The highest BCUT2D eigenvalue weighted by atomic mass is 14.2. The van der Waals surface area contributed by atoms with Crippen molar-refractivity contribution in [2.24, 2.45) is 0 Å². The van der Waals surface area contributed by atoms with Gasteiger partial charge in [-0.25, -0.2) is 0 Å². The van der Waals surface area contributed by atoms with E-state index >= 15 is 0 Å². The number of hydrogen-bond donors (Lipinski definition) is 0. The summed E-state index contributed by atoms with van der Waals surface area (Å²) >= 11 is 0. The predicted octanol–water partition coefficient (Wildman–Crippen LogP) is 12.3. The van der Waals surface area contributed by atoms with Crippen LogP contribution in [0.15, 0.2) is 152 Å². The third-order valence-corrected chi connectivity index (χ3v) is 7.64. The Morgan fingerprint density at radius 2 is 0.478 bits per heavy atom. The molecule has 0 aromatic heterocycles. The minimum absolute atomic E-state index is 1.02. The highest BCUT2D eigenvalue weighted by Crippen LogP contribution is 2.32. The van der Waals surface area contributed by atoms with E-state index in [0.29, 0.717) is 0 Å². The van der Waals surface area contributed by atoms with E-state index in [0.717, 1.165) is 55.6 Å². The summed E-state index contributed by atoms with van der Waals surface area (Å²) in [6.45, 7) is 0. The van der Waals surface area contributed by atoms with E-state index in [1.807, 2.05) is 24.3 Å². The van der Waals surface area contributed by atoms with Crippen molar-refractivity contribution in [2.75, 3.05) is 0 Å². The molecular weight excluding hydrogens is 553 g/mol. The molecule has 0 spiro atoms. The Hall–Kier alpha value is -5.98. The fraction of sp³-hybridized carbons (Fsp3) is 0. The number of hydrogen-bond acceptors (Lipinski definition) is 0. The van der Waals surface area contributed by atoms with Crippen LogP contribution in [0.3, 0.4) is 0 Å². The average molecular weight is 588 g/mol. The van der Waals surface area contributed by atoms with Gasteiger partial charge < -0.3 is 0 Å². The van der Waals surface area contributed by atoms with Crippen LogP contribution >= 0.6 is 0 Å². The van der Waals surface area contributed by atoms with Crippen molar-refractivity contribution in [2.45, 2.75) is 0 Å². The van der Waals surface area contributed by atoms with Crippen LogP contribution in [0.4, 0.5) is 0 Å². The Morgan fingerprint density at radius 1 is 0.239 bits per heavy atom. The maximum atomic E-state index is 3.82. The zero-order valence-electron chi connectivity index (χ0n) is 25.7. The standard InChI is InChI=1S/C46H35/c1-6-16-37(17-7-1)26-31-42-36-43(32-27-38-18-8-2-9-19-38)45(34-29-40-22-12-4-13-23-40)46(35-30-41-24-14-5-15-25-41)44(42)33-28-39-20-10-3-11-21-39/h1-35H/b31-26+,32-27+,33-28+,34-29+,35-30+. The first-order chi connectivity index (χ1) is 22.8. The van der Waals surface area contributed by atoms with Crippen LogP contribution in [0.25, 0.3) is 60.8 Å². The fourth-order valence-electron chi connectivity index (χ4n) is 5.24. The van der Waals surface area contributed by atoms with Crippen molar-refractivity contribution in [1.82, 2.24) is 0 Å². The van der Waals surface area contributed by atoms with Crippen molar-refractivity contribution < 1.29 is 0 Å². The molecule has 219 valence electrons. The van der Waals surface area contributed by atoms with Gasteiger partial charge in [-0.3, -0.25) is 0 Å². The molecule has 0 unspecified atom stereocenters. The molecule has 6 aromatic rings. The summed E-state index contributed by atoms with van der Waals surface area (Å²) in [5, 5.41) is 0. The zero-order valence-corrected chi connectivity index (χ0v) is 25.7. The summed E-state index contributed by atoms with van der Waals surface area (Å²) in [6, 6.07) is 56.1. The van der Waals surface area contributed by atoms with Crippen LogP contribution in [-0.2, 0) is 0 Å². The van der Waals surface area contributed by atoms with Crippen LogP contribution in [-0.4, -0.2) is 0 Å². The second-order valence-corrected chi connectivity index (χ2v) is 10.9. The van der Waals surface area contributed by atoms with Crippen molar-refractivity contribution in [3.05, 3.63) is 213 Å². The van der Waals surface area contributed by atoms with Crippen molar-refractivity contribution in [3.63, 3.8) is 0 Å². The summed E-state index contributed by atoms with van der Waals surface area (Å²) in [5.41, 5.74) is 11.1. The molecule has 0 bridgehead atoms. The van der Waals surface area contributed by atoms with Gasteiger partial charge in [-0.05, 0) is 61.7 Å². The molecule has 0 saturated heterocycles. The first-order valence-electron chi connectivity index (χ1n) is 15.6. The van der Waals surface area contributed by atoms with Gasteiger partial charge in [0.25, 0.3) is 0 Å². The fourth-order valence-corrected chi connectivity index (χ4v) is 5.24. The second kappa shape index (κ2) is 15.7. The molecule has 6 rings (SSSR count). The maximum absolute atomic E-state index is 3.82. The Bertz CT molecular complexity index is 1850. The van der Waals surface area contributed by atoms with Gasteiger partial charge >= 0.3 is 0 Å². The van der Waals surface area contributed by atoms with E-state index in [1.54, 1.807) is 0 Å². The van der Waals surface area contributed by atoms with Gasteiger partial charge in [0, 0.05) is 0 Å². The van der Waals surface area contributed by atoms with Gasteiger partial charge in [0.05, 0.1) is 0 Å². The zero-order chi connectivity index (χ0) is 31.2. The Kier molecular flexibility index (Phi) is 10.2. The lowest BCUT2D eigenvalue weighted by Crippen LogP contribution is -1.96. The first-order valence-corrected chi connectivity index (χ1v) is 15.6. The molecular formula is C46H35. The smallest absolute Gasteiger partial charge is 0.00139 e. The van der Waals surface area contributed by atoms with Gasteiger partial charge in [0.1, 0.15) is 0 Å². The van der Waals surface area contributed by atoms with Crippen molar-refractivity contribution >= 4 is 60.8 Å². The minimum atomic E-state index is 1.02. The van der Waals surface area contributed by atoms with Gasteiger partial charge in [-0.1, -0.05) is 212 Å². The molecule has 0 heteroatoms. The largest absolute Gasteiger partial charge is 0.0622 e. The predicted molar refractivity (Wildman–Crippen MR) is 202 cm³/mol. The quantitative estimate of drug-likeness (QED) is 0.140. The Labute approximate surface area is 273 Å². The molecule has 0 aliphatic rings. The van der Waals surface area contributed by atoms with E-state index < -0.39 is 0 Å². The summed E-state index contributed by atoms with van der Waals surface area (Å²) in [6.07, 6.45) is 22.0. The van der Waals surface area contributed by atoms with Crippen molar-refractivity contribution in [3.8, 4) is 0 Å². The van der Waals surface area contributed by atoms with Crippen LogP contribution in [0, 0.1) is 6.07 Å². The van der Waals surface area contributed by atoms with E-state index in [1.165, 1.54) is 0 Å². The molecule has 0 aliphatic heterocycles. The van der Waals surface area contributed by atoms with E-state index in [9.17, 15) is 0 Å². The molecule has 0 amide bonds. The van der Waals surface area contributed by atoms with Gasteiger partial charge in [-0.2, -0.15) is 0 Å². The Balaban J connectivity index is 1.60. The van der Waals surface area contributed by atoms with E-state index in [-0.39, 0.29) is 0 Å². The molecule has 0 saturated carbocycles. The maximum Gasteiger partial charge on any atom is -0.00139 e. The van der Waals surface area contributed by atoms with Crippen LogP contribution in [0.2, 0.25) is 0 Å². The molecule has 1 radical (unpaired) electrons. The summed E-state index contributed by atoms with van der Waals surface area (Å²) < 4.78 is 0. The lowest BCUT2D eigenvalue weighted by Gasteiger charge is -2.15. The molecule has 0 atom stereocenters. The monoisotopic (exact) mass is 587 g/mol. The SMILES string of the molecule is [c]1c(/C=C/c2ccccc2)c(/C=C/c2ccccc2)c(/C=C/c2ccccc2)c(/C=C/c2ccccc2)c1/C=C/c1ccccc1. The topological polar surface area (TPSA) is 0 Å². The van der Waals surface area contributed by atoms with Crippen molar-refractivity contribution in [1.29, 1.82) is 0 Å². The third-order valence-electron chi connectivity index (χ3n) is 7.64. The first kappa shape index (κ1) is 30.1.